The molecule has 19 heavy (non-hydrogen) atoms. The summed E-state index contributed by atoms with van der Waals surface area (Å²) in [4.78, 5) is 22.5. The molecule has 1 aromatic rings. The summed E-state index contributed by atoms with van der Waals surface area (Å²) in [6.07, 6.45) is 0.0364. The van der Waals surface area contributed by atoms with E-state index in [1.165, 1.54) is 0 Å². The Balaban J connectivity index is 2.65. The van der Waals surface area contributed by atoms with Gasteiger partial charge in [0.15, 0.2) is 0 Å². The van der Waals surface area contributed by atoms with Crippen LogP contribution in [-0.2, 0) is 9.59 Å². The second-order valence-corrected chi connectivity index (χ2v) is 5.15. The molecule has 1 rings (SSSR count). The van der Waals surface area contributed by atoms with Crippen molar-refractivity contribution in [2.75, 3.05) is 5.32 Å². The van der Waals surface area contributed by atoms with Crippen molar-refractivity contribution < 1.29 is 14.7 Å². The van der Waals surface area contributed by atoms with Crippen molar-refractivity contribution in [3.8, 4) is 6.07 Å². The largest absolute Gasteiger partial charge is 0.481 e. The Labute approximate surface area is 111 Å². The number of carbonyl (C=O) groups excluding carboxylic acids is 1. The lowest BCUT2D eigenvalue weighted by molar-refractivity contribution is -0.139. The molecule has 2 N–H and O–H groups in total. The third-order valence-corrected chi connectivity index (χ3v) is 2.54. The van der Waals surface area contributed by atoms with Crippen molar-refractivity contribution in [1.29, 1.82) is 5.26 Å². The van der Waals surface area contributed by atoms with Gasteiger partial charge in [-0.25, -0.2) is 0 Å². The molecule has 0 bridgehead atoms. The van der Waals surface area contributed by atoms with Gasteiger partial charge in [-0.3, -0.25) is 9.59 Å². The zero-order valence-electron chi connectivity index (χ0n) is 10.9. The van der Waals surface area contributed by atoms with E-state index in [1.807, 2.05) is 6.07 Å². The molecule has 0 aromatic heterocycles. The van der Waals surface area contributed by atoms with Crippen LogP contribution in [0.25, 0.3) is 0 Å². The van der Waals surface area contributed by atoms with Crippen LogP contribution in [0.15, 0.2) is 24.3 Å². The molecule has 0 aliphatic heterocycles. The van der Waals surface area contributed by atoms with Crippen LogP contribution in [0.3, 0.4) is 0 Å². The lowest BCUT2D eigenvalue weighted by atomic mass is 9.85. The van der Waals surface area contributed by atoms with Crippen LogP contribution in [0, 0.1) is 16.7 Å². The number of nitrogens with zero attached hydrogens (tertiary/aromatic N) is 1. The van der Waals surface area contributed by atoms with Crippen molar-refractivity contribution in [3.05, 3.63) is 29.8 Å². The maximum atomic E-state index is 11.8. The van der Waals surface area contributed by atoms with Crippen LogP contribution in [0.4, 0.5) is 5.69 Å². The SMILES string of the molecule is CC(C)(CC(=O)O)CC(=O)Nc1cccc(C#N)c1. The van der Waals surface area contributed by atoms with Crippen LogP contribution in [0.2, 0.25) is 0 Å². The number of benzene rings is 1. The smallest absolute Gasteiger partial charge is 0.303 e. The van der Waals surface area contributed by atoms with Gasteiger partial charge in [0.05, 0.1) is 18.1 Å². The molecule has 0 aliphatic rings. The molecule has 5 nitrogen and oxygen atoms in total. The van der Waals surface area contributed by atoms with Crippen LogP contribution >= 0.6 is 0 Å². The van der Waals surface area contributed by atoms with Crippen molar-refractivity contribution in [1.82, 2.24) is 0 Å². The molecule has 1 aromatic carbocycles. The van der Waals surface area contributed by atoms with E-state index in [-0.39, 0.29) is 18.7 Å². The van der Waals surface area contributed by atoms with Gasteiger partial charge in [-0.1, -0.05) is 19.9 Å². The van der Waals surface area contributed by atoms with Gasteiger partial charge in [0, 0.05) is 12.1 Å². The molecule has 5 heteroatoms. The summed E-state index contributed by atoms with van der Waals surface area (Å²) in [7, 11) is 0. The Hall–Kier alpha value is -2.35. The minimum absolute atomic E-state index is 0.0708. The minimum Gasteiger partial charge on any atom is -0.481 e. The van der Waals surface area contributed by atoms with Gasteiger partial charge in [0.25, 0.3) is 0 Å². The van der Waals surface area contributed by atoms with Crippen LogP contribution < -0.4 is 5.32 Å². The summed E-state index contributed by atoms with van der Waals surface area (Å²) in [5.74, 6) is -1.19. The lowest BCUT2D eigenvalue weighted by Crippen LogP contribution is -2.24. The number of amides is 1. The van der Waals surface area contributed by atoms with Gasteiger partial charge >= 0.3 is 5.97 Å². The fourth-order valence-electron chi connectivity index (χ4n) is 1.78. The first kappa shape index (κ1) is 14.7. The second kappa shape index (κ2) is 6.01. The average molecular weight is 260 g/mol. The average Bonchev–Trinajstić information content (AvgIpc) is 2.26. The molecule has 100 valence electrons. The monoisotopic (exact) mass is 260 g/mol. The first-order valence-corrected chi connectivity index (χ1v) is 5.84. The zero-order chi connectivity index (χ0) is 14.5. The predicted molar refractivity (Wildman–Crippen MR) is 70.4 cm³/mol. The van der Waals surface area contributed by atoms with E-state index >= 15 is 0 Å². The van der Waals surface area contributed by atoms with Crippen molar-refractivity contribution in [2.45, 2.75) is 26.7 Å². The fourth-order valence-corrected chi connectivity index (χ4v) is 1.78. The van der Waals surface area contributed by atoms with Gasteiger partial charge in [0.2, 0.25) is 5.91 Å². The molecule has 0 unspecified atom stereocenters. The Morgan fingerprint density at radius 3 is 2.63 bits per heavy atom. The minimum atomic E-state index is -0.927. The number of carboxylic acid groups (broad SMARTS) is 1. The zero-order valence-corrected chi connectivity index (χ0v) is 10.9. The molecule has 0 heterocycles. The summed E-state index contributed by atoms with van der Waals surface area (Å²) in [5, 5.41) is 20.2. The number of hydrogen-bond donors (Lipinski definition) is 2. The number of anilines is 1. The van der Waals surface area contributed by atoms with Crippen molar-refractivity contribution >= 4 is 17.6 Å². The molecule has 1 amide bonds. The van der Waals surface area contributed by atoms with Crippen LogP contribution in [-0.4, -0.2) is 17.0 Å². The lowest BCUT2D eigenvalue weighted by Gasteiger charge is -2.21. The number of rotatable bonds is 5. The first-order chi connectivity index (χ1) is 8.82. The van der Waals surface area contributed by atoms with Gasteiger partial charge < -0.3 is 10.4 Å². The van der Waals surface area contributed by atoms with E-state index < -0.39 is 11.4 Å². The molecule has 0 aliphatic carbocycles. The second-order valence-electron chi connectivity index (χ2n) is 5.15. The van der Waals surface area contributed by atoms with Crippen molar-refractivity contribution in [3.63, 3.8) is 0 Å². The standard InChI is InChI=1S/C14H16N2O3/c1-14(2,8-13(18)19)7-12(17)16-11-5-3-4-10(6-11)9-15/h3-6H,7-8H2,1-2H3,(H,16,17)(H,18,19). The van der Waals surface area contributed by atoms with E-state index in [1.54, 1.807) is 38.1 Å². The topological polar surface area (TPSA) is 90.2 Å². The quantitative estimate of drug-likeness (QED) is 0.850. The number of aliphatic carboxylic acids is 1. The molecule has 0 atom stereocenters. The van der Waals surface area contributed by atoms with E-state index in [4.69, 9.17) is 10.4 Å². The normalized spacial score (nSPS) is 10.6. The van der Waals surface area contributed by atoms with E-state index in [0.29, 0.717) is 11.3 Å². The van der Waals surface area contributed by atoms with Crippen LogP contribution in [0.1, 0.15) is 32.3 Å². The highest BCUT2D eigenvalue weighted by Crippen LogP contribution is 2.25. The maximum absolute atomic E-state index is 11.8. The number of carbonyl (C=O) groups is 2. The summed E-state index contributed by atoms with van der Waals surface area (Å²) in [6, 6.07) is 8.56. The van der Waals surface area contributed by atoms with Crippen molar-refractivity contribution in [2.24, 2.45) is 5.41 Å². The van der Waals surface area contributed by atoms with E-state index in [0.717, 1.165) is 0 Å². The van der Waals surface area contributed by atoms with Crippen LogP contribution in [0.5, 0.6) is 0 Å². The third-order valence-electron chi connectivity index (χ3n) is 2.54. The number of carboxylic acids is 1. The van der Waals surface area contributed by atoms with Gasteiger partial charge in [-0.15, -0.1) is 0 Å². The Bertz CT molecular complexity index is 530. The molecule has 0 spiro atoms. The van der Waals surface area contributed by atoms with Gasteiger partial charge in [0.1, 0.15) is 0 Å². The molecule has 0 fully saturated rings. The molecular formula is C14H16N2O3. The first-order valence-electron chi connectivity index (χ1n) is 5.84. The van der Waals surface area contributed by atoms with E-state index in [2.05, 4.69) is 5.32 Å². The van der Waals surface area contributed by atoms with Gasteiger partial charge in [-0.2, -0.15) is 5.26 Å². The summed E-state index contributed by atoms with van der Waals surface area (Å²) >= 11 is 0. The number of nitrogens with one attached hydrogen (secondary N) is 1. The fraction of sp³-hybridized carbons (Fsp3) is 0.357. The summed E-state index contributed by atoms with van der Waals surface area (Å²) < 4.78 is 0. The molecule has 0 radical (unpaired) electrons. The Morgan fingerprint density at radius 2 is 2.05 bits per heavy atom. The van der Waals surface area contributed by atoms with Gasteiger partial charge in [-0.05, 0) is 23.6 Å². The molecule has 0 saturated heterocycles. The predicted octanol–water partition coefficient (Wildman–Crippen LogP) is 2.39. The third kappa shape index (κ3) is 5.21. The van der Waals surface area contributed by atoms with E-state index in [9.17, 15) is 9.59 Å². The molecule has 0 saturated carbocycles. The summed E-state index contributed by atoms with van der Waals surface area (Å²) in [6.45, 7) is 3.46. The number of hydrogen-bond acceptors (Lipinski definition) is 3. The Morgan fingerprint density at radius 1 is 1.37 bits per heavy atom. The maximum Gasteiger partial charge on any atom is 0.303 e. The Kier molecular flexibility index (Phi) is 4.65. The summed E-state index contributed by atoms with van der Waals surface area (Å²) in [5.41, 5.74) is 0.390. The number of nitriles is 1. The molecular weight excluding hydrogens is 244 g/mol. The highest BCUT2D eigenvalue weighted by Gasteiger charge is 2.25. The highest BCUT2D eigenvalue weighted by atomic mass is 16.4. The highest BCUT2D eigenvalue weighted by molar-refractivity contribution is 5.91.